The monoisotopic (exact) mass is 255 g/mol. The van der Waals surface area contributed by atoms with E-state index in [1.165, 1.54) is 0 Å². The molecule has 102 valence electrons. The maximum Gasteiger partial charge on any atom is 0.316 e. The predicted molar refractivity (Wildman–Crippen MR) is 68.2 cm³/mol. The van der Waals surface area contributed by atoms with E-state index in [1.54, 1.807) is 14.0 Å². The molecule has 2 unspecified atom stereocenters. The Morgan fingerprint density at radius 1 is 1.39 bits per heavy atom. The van der Waals surface area contributed by atoms with Crippen molar-refractivity contribution in [3.8, 4) is 0 Å². The molecule has 3 N–H and O–H groups in total. The normalized spacial score (nSPS) is 14.0. The zero-order valence-corrected chi connectivity index (χ0v) is 11.3. The Labute approximate surface area is 107 Å². The van der Waals surface area contributed by atoms with E-state index in [-0.39, 0.29) is 18.0 Å². The molecule has 18 heavy (non-hydrogen) atoms. The Kier molecular flexibility index (Phi) is 5.57. The number of nitrogens with zero attached hydrogens (tertiary/aromatic N) is 2. The van der Waals surface area contributed by atoms with Crippen molar-refractivity contribution in [2.24, 2.45) is 0 Å². The third-order valence-electron chi connectivity index (χ3n) is 2.49. The number of nitrogens with one attached hydrogen (secondary N) is 3. The smallest absolute Gasteiger partial charge is 0.316 e. The average molecular weight is 255 g/mol. The standard InChI is InChI=1S/C11H21N5O2/c1-5-6-13-8(3)10-15-16-11(18-10)14-7(2)9(17)12-4/h7-8,13H,5-6H2,1-4H3,(H,12,17)(H,14,16). The quantitative estimate of drug-likeness (QED) is 0.663. The van der Waals surface area contributed by atoms with Crippen LogP contribution in [0, 0.1) is 0 Å². The first-order valence-electron chi connectivity index (χ1n) is 6.13. The molecule has 7 nitrogen and oxygen atoms in total. The predicted octanol–water partition coefficient (Wildman–Crippen LogP) is 0.677. The van der Waals surface area contributed by atoms with E-state index >= 15 is 0 Å². The minimum atomic E-state index is -0.415. The van der Waals surface area contributed by atoms with Crippen molar-refractivity contribution in [2.45, 2.75) is 39.3 Å². The van der Waals surface area contributed by atoms with Crippen LogP contribution in [-0.4, -0.2) is 35.7 Å². The summed E-state index contributed by atoms with van der Waals surface area (Å²) in [6.45, 7) is 6.66. The lowest BCUT2D eigenvalue weighted by Crippen LogP contribution is -2.35. The zero-order valence-electron chi connectivity index (χ0n) is 11.3. The SMILES string of the molecule is CCCNC(C)c1nnc(NC(C)C(=O)NC)o1. The van der Waals surface area contributed by atoms with Crippen LogP contribution >= 0.6 is 0 Å². The first-order chi connectivity index (χ1) is 8.58. The van der Waals surface area contributed by atoms with Gasteiger partial charge in [0.25, 0.3) is 0 Å². The minimum Gasteiger partial charge on any atom is -0.406 e. The van der Waals surface area contributed by atoms with Gasteiger partial charge in [0.2, 0.25) is 11.8 Å². The maximum atomic E-state index is 11.3. The van der Waals surface area contributed by atoms with Crippen molar-refractivity contribution in [3.63, 3.8) is 0 Å². The molecule has 1 aromatic rings. The van der Waals surface area contributed by atoms with Gasteiger partial charge >= 0.3 is 6.01 Å². The second-order valence-electron chi connectivity index (χ2n) is 4.10. The van der Waals surface area contributed by atoms with Crippen LogP contribution in [-0.2, 0) is 4.79 Å². The van der Waals surface area contributed by atoms with Crippen LogP contribution in [0.2, 0.25) is 0 Å². The molecule has 2 atom stereocenters. The molecule has 0 aromatic carbocycles. The van der Waals surface area contributed by atoms with E-state index in [0.29, 0.717) is 5.89 Å². The number of carbonyl (C=O) groups is 1. The third-order valence-corrected chi connectivity index (χ3v) is 2.49. The van der Waals surface area contributed by atoms with Crippen molar-refractivity contribution >= 4 is 11.9 Å². The molecule has 0 fully saturated rings. The van der Waals surface area contributed by atoms with E-state index < -0.39 is 6.04 Å². The van der Waals surface area contributed by atoms with Crippen LogP contribution in [0.4, 0.5) is 6.01 Å². The maximum absolute atomic E-state index is 11.3. The van der Waals surface area contributed by atoms with Crippen molar-refractivity contribution in [3.05, 3.63) is 5.89 Å². The molecule has 0 bridgehead atoms. The second kappa shape index (κ2) is 6.95. The van der Waals surface area contributed by atoms with E-state index in [9.17, 15) is 4.79 Å². The highest BCUT2D eigenvalue weighted by atomic mass is 16.4. The van der Waals surface area contributed by atoms with Gasteiger partial charge in [-0.3, -0.25) is 4.79 Å². The van der Waals surface area contributed by atoms with Gasteiger partial charge in [0.15, 0.2) is 0 Å². The van der Waals surface area contributed by atoms with Crippen molar-refractivity contribution in [1.82, 2.24) is 20.8 Å². The molecule has 1 heterocycles. The number of likely N-dealkylation sites (N-methyl/N-ethyl adjacent to an activating group) is 1. The summed E-state index contributed by atoms with van der Waals surface area (Å²) in [4.78, 5) is 11.3. The minimum absolute atomic E-state index is 0.00306. The number of hydrogen-bond donors (Lipinski definition) is 3. The summed E-state index contributed by atoms with van der Waals surface area (Å²) in [5.41, 5.74) is 0. The van der Waals surface area contributed by atoms with Gasteiger partial charge < -0.3 is 20.4 Å². The number of anilines is 1. The molecular formula is C11H21N5O2. The summed E-state index contributed by atoms with van der Waals surface area (Å²) < 4.78 is 5.43. The highest BCUT2D eigenvalue weighted by molar-refractivity contribution is 5.83. The summed E-state index contributed by atoms with van der Waals surface area (Å²) >= 11 is 0. The molecule has 0 aliphatic rings. The first-order valence-corrected chi connectivity index (χ1v) is 6.13. The molecule has 1 amide bonds. The van der Waals surface area contributed by atoms with E-state index in [1.807, 2.05) is 6.92 Å². The third kappa shape index (κ3) is 3.99. The Bertz CT molecular complexity index is 379. The van der Waals surface area contributed by atoms with Crippen LogP contribution in [0.15, 0.2) is 4.42 Å². The highest BCUT2D eigenvalue weighted by Crippen LogP contribution is 2.14. The van der Waals surface area contributed by atoms with E-state index in [0.717, 1.165) is 13.0 Å². The van der Waals surface area contributed by atoms with Crippen LogP contribution < -0.4 is 16.0 Å². The van der Waals surface area contributed by atoms with E-state index in [2.05, 4.69) is 33.1 Å². The highest BCUT2D eigenvalue weighted by Gasteiger charge is 2.16. The molecule has 0 radical (unpaired) electrons. The fourth-order valence-electron chi connectivity index (χ4n) is 1.38. The average Bonchev–Trinajstić information content (AvgIpc) is 2.83. The summed E-state index contributed by atoms with van der Waals surface area (Å²) in [7, 11) is 1.58. The second-order valence-corrected chi connectivity index (χ2v) is 4.10. The first kappa shape index (κ1) is 14.4. The Morgan fingerprint density at radius 2 is 2.11 bits per heavy atom. The summed E-state index contributed by atoms with van der Waals surface area (Å²) in [5, 5.41) is 16.4. The van der Waals surface area contributed by atoms with E-state index in [4.69, 9.17) is 4.42 Å². The lowest BCUT2D eigenvalue weighted by atomic mass is 10.3. The lowest BCUT2D eigenvalue weighted by molar-refractivity contribution is -0.121. The number of carbonyl (C=O) groups excluding carboxylic acids is 1. The van der Waals surface area contributed by atoms with Gasteiger partial charge in [-0.25, -0.2) is 0 Å². The molecule has 0 aliphatic carbocycles. The zero-order chi connectivity index (χ0) is 13.5. The Hall–Kier alpha value is -1.63. The van der Waals surface area contributed by atoms with Crippen molar-refractivity contribution in [1.29, 1.82) is 0 Å². The molecule has 0 saturated heterocycles. The fourth-order valence-corrected chi connectivity index (χ4v) is 1.38. The molecule has 7 heteroatoms. The topological polar surface area (TPSA) is 92.1 Å². The Balaban J connectivity index is 2.55. The summed E-state index contributed by atoms with van der Waals surface area (Å²) in [6.07, 6.45) is 1.04. The van der Waals surface area contributed by atoms with Gasteiger partial charge in [-0.2, -0.15) is 0 Å². The van der Waals surface area contributed by atoms with Crippen molar-refractivity contribution < 1.29 is 9.21 Å². The molecule has 1 rings (SSSR count). The van der Waals surface area contributed by atoms with Crippen LogP contribution in [0.3, 0.4) is 0 Å². The molecule has 0 saturated carbocycles. The molecular weight excluding hydrogens is 234 g/mol. The van der Waals surface area contributed by atoms with Crippen molar-refractivity contribution in [2.75, 3.05) is 18.9 Å². The van der Waals surface area contributed by atoms with Gasteiger partial charge in [-0.15, -0.1) is 5.10 Å². The molecule has 1 aromatic heterocycles. The van der Waals surface area contributed by atoms with Gasteiger partial charge in [0.1, 0.15) is 6.04 Å². The molecule has 0 spiro atoms. The molecule has 0 aliphatic heterocycles. The number of amides is 1. The van der Waals surface area contributed by atoms with Gasteiger partial charge in [-0.1, -0.05) is 12.0 Å². The van der Waals surface area contributed by atoms with Gasteiger partial charge in [0, 0.05) is 7.05 Å². The largest absolute Gasteiger partial charge is 0.406 e. The van der Waals surface area contributed by atoms with Gasteiger partial charge in [0.05, 0.1) is 6.04 Å². The van der Waals surface area contributed by atoms with Gasteiger partial charge in [-0.05, 0) is 26.8 Å². The summed E-state index contributed by atoms with van der Waals surface area (Å²) in [6, 6.07) is -0.156. The van der Waals surface area contributed by atoms with Crippen LogP contribution in [0.25, 0.3) is 0 Å². The lowest BCUT2D eigenvalue weighted by Gasteiger charge is -2.10. The number of rotatable bonds is 7. The fraction of sp³-hybridized carbons (Fsp3) is 0.727. The number of aromatic nitrogens is 2. The summed E-state index contributed by atoms with van der Waals surface area (Å²) in [5.74, 6) is 0.377. The Morgan fingerprint density at radius 3 is 2.72 bits per heavy atom. The van der Waals surface area contributed by atoms with Crippen LogP contribution in [0.5, 0.6) is 0 Å². The number of hydrogen-bond acceptors (Lipinski definition) is 6. The van der Waals surface area contributed by atoms with Crippen LogP contribution in [0.1, 0.15) is 39.1 Å².